The van der Waals surface area contributed by atoms with Gasteiger partial charge in [0.1, 0.15) is 11.3 Å². The molecule has 0 aliphatic heterocycles. The Morgan fingerprint density at radius 1 is 1.04 bits per heavy atom. The van der Waals surface area contributed by atoms with E-state index in [1.54, 1.807) is 18.2 Å². The molecule has 0 saturated heterocycles. The third-order valence-electron chi connectivity index (χ3n) is 4.60. The van der Waals surface area contributed by atoms with Crippen LogP contribution in [-0.4, -0.2) is 17.2 Å². The lowest BCUT2D eigenvalue weighted by Gasteiger charge is -2.25. The highest BCUT2D eigenvalue weighted by atomic mass is 16.5. The molecule has 0 radical (unpaired) electrons. The van der Waals surface area contributed by atoms with Crippen molar-refractivity contribution in [2.75, 3.05) is 0 Å². The average Bonchev–Trinajstić information content (AvgIpc) is 2.64. The number of carboxylic acids is 1. The summed E-state index contributed by atoms with van der Waals surface area (Å²) in [7, 11) is 0. The fourth-order valence-electron chi connectivity index (χ4n) is 3.16. The van der Waals surface area contributed by atoms with E-state index < -0.39 is 5.97 Å². The molecule has 2 aromatic carbocycles. The molecule has 0 bridgehead atoms. The van der Waals surface area contributed by atoms with Gasteiger partial charge < -0.3 is 9.84 Å². The van der Waals surface area contributed by atoms with Crippen molar-refractivity contribution in [1.29, 1.82) is 0 Å². The molecule has 1 N–H and O–H groups in total. The lowest BCUT2D eigenvalue weighted by Crippen LogP contribution is -2.21. The molecule has 0 aliphatic carbocycles. The normalized spacial score (nSPS) is 13.2. The Kier molecular flexibility index (Phi) is 7.52. The highest BCUT2D eigenvalue weighted by Gasteiger charge is 2.20. The Hall–Kier alpha value is -2.29. The van der Waals surface area contributed by atoms with E-state index in [-0.39, 0.29) is 11.7 Å². The highest BCUT2D eigenvalue weighted by molar-refractivity contribution is 5.90. The van der Waals surface area contributed by atoms with Crippen molar-refractivity contribution in [2.45, 2.75) is 58.0 Å². The zero-order chi connectivity index (χ0) is 18.1. The van der Waals surface area contributed by atoms with Gasteiger partial charge in [-0.05, 0) is 42.9 Å². The van der Waals surface area contributed by atoms with Gasteiger partial charge >= 0.3 is 5.97 Å². The van der Waals surface area contributed by atoms with Crippen LogP contribution in [0.2, 0.25) is 0 Å². The van der Waals surface area contributed by atoms with Gasteiger partial charge in [0.05, 0.1) is 6.10 Å². The van der Waals surface area contributed by atoms with Crippen LogP contribution >= 0.6 is 0 Å². The summed E-state index contributed by atoms with van der Waals surface area (Å²) in [6.07, 6.45) is 5.07. The molecule has 2 rings (SSSR count). The third kappa shape index (κ3) is 5.63. The predicted molar refractivity (Wildman–Crippen MR) is 101 cm³/mol. The van der Waals surface area contributed by atoms with Crippen LogP contribution in [0.1, 0.15) is 67.8 Å². The van der Waals surface area contributed by atoms with E-state index in [0.717, 1.165) is 32.1 Å². The van der Waals surface area contributed by atoms with Crippen molar-refractivity contribution in [2.24, 2.45) is 0 Å². The van der Waals surface area contributed by atoms with Crippen LogP contribution in [-0.2, 0) is 0 Å². The average molecular weight is 340 g/mol. The molecule has 3 nitrogen and oxygen atoms in total. The third-order valence-corrected chi connectivity index (χ3v) is 4.60. The van der Waals surface area contributed by atoms with Crippen LogP contribution in [0, 0.1) is 0 Å². The van der Waals surface area contributed by atoms with E-state index in [0.29, 0.717) is 11.7 Å². The second kappa shape index (κ2) is 9.87. The Bertz CT molecular complexity index is 651. The number of para-hydroxylation sites is 1. The lowest BCUT2D eigenvalue weighted by atomic mass is 9.89. The first kappa shape index (κ1) is 19.0. The molecular formula is C22H28O3. The van der Waals surface area contributed by atoms with E-state index >= 15 is 0 Å². The van der Waals surface area contributed by atoms with Crippen molar-refractivity contribution in [3.63, 3.8) is 0 Å². The van der Waals surface area contributed by atoms with Gasteiger partial charge in [-0.25, -0.2) is 4.79 Å². The Morgan fingerprint density at radius 3 is 2.36 bits per heavy atom. The molecule has 2 unspecified atom stereocenters. The maximum absolute atomic E-state index is 11.4. The molecule has 0 aliphatic rings. The lowest BCUT2D eigenvalue weighted by molar-refractivity contribution is 0.0687. The van der Waals surface area contributed by atoms with E-state index in [1.807, 2.05) is 12.1 Å². The molecule has 2 atom stereocenters. The van der Waals surface area contributed by atoms with Crippen molar-refractivity contribution in [3.05, 3.63) is 65.7 Å². The minimum Gasteiger partial charge on any atom is -0.490 e. The second-order valence-electron chi connectivity index (χ2n) is 6.43. The number of aromatic carboxylic acids is 1. The maximum Gasteiger partial charge on any atom is 0.339 e. The fraction of sp³-hybridized carbons (Fsp3) is 0.409. The molecule has 25 heavy (non-hydrogen) atoms. The molecule has 3 heteroatoms. The van der Waals surface area contributed by atoms with Crippen LogP contribution in [0.25, 0.3) is 0 Å². The fourth-order valence-corrected chi connectivity index (χ4v) is 3.16. The van der Waals surface area contributed by atoms with Crippen LogP contribution < -0.4 is 4.74 Å². The summed E-state index contributed by atoms with van der Waals surface area (Å²) in [5.41, 5.74) is 1.55. The first-order valence-corrected chi connectivity index (χ1v) is 9.19. The first-order valence-electron chi connectivity index (χ1n) is 9.19. The van der Waals surface area contributed by atoms with E-state index in [9.17, 15) is 9.90 Å². The van der Waals surface area contributed by atoms with Gasteiger partial charge in [-0.1, -0.05) is 69.2 Å². The molecule has 0 spiro atoms. The number of benzene rings is 2. The number of hydrogen-bond donors (Lipinski definition) is 1. The molecule has 2 aromatic rings. The molecule has 0 aromatic heterocycles. The number of carbonyl (C=O) groups is 1. The Morgan fingerprint density at radius 2 is 1.72 bits per heavy atom. The standard InChI is InChI=1S/C22H28O3/c1-3-5-13-19(16-17(4-2)18-11-7-6-8-12-18)25-21-15-10-9-14-20(21)22(23)24/h6-12,14-15,17,19H,3-5,13,16H2,1-2H3,(H,23,24). The summed E-state index contributed by atoms with van der Waals surface area (Å²) < 4.78 is 6.18. The summed E-state index contributed by atoms with van der Waals surface area (Å²) >= 11 is 0. The van der Waals surface area contributed by atoms with E-state index in [4.69, 9.17) is 4.74 Å². The number of ether oxygens (including phenoxy) is 1. The number of hydrogen-bond acceptors (Lipinski definition) is 2. The first-order chi connectivity index (χ1) is 12.2. The summed E-state index contributed by atoms with van der Waals surface area (Å²) in [5.74, 6) is -0.0565. The summed E-state index contributed by atoms with van der Waals surface area (Å²) in [5, 5.41) is 9.38. The van der Waals surface area contributed by atoms with Crippen molar-refractivity contribution in [3.8, 4) is 5.75 Å². The quantitative estimate of drug-likeness (QED) is 0.585. The summed E-state index contributed by atoms with van der Waals surface area (Å²) in [6.45, 7) is 4.36. The zero-order valence-electron chi connectivity index (χ0n) is 15.2. The topological polar surface area (TPSA) is 46.5 Å². The molecule has 0 heterocycles. The molecule has 0 fully saturated rings. The van der Waals surface area contributed by atoms with Gasteiger partial charge in [-0.3, -0.25) is 0 Å². The van der Waals surface area contributed by atoms with Crippen molar-refractivity contribution < 1.29 is 14.6 Å². The molecule has 0 saturated carbocycles. The minimum atomic E-state index is -0.944. The van der Waals surface area contributed by atoms with Gasteiger partial charge in [-0.15, -0.1) is 0 Å². The van der Waals surface area contributed by atoms with E-state index in [2.05, 4.69) is 38.1 Å². The minimum absolute atomic E-state index is 0.0191. The number of unbranched alkanes of at least 4 members (excludes halogenated alkanes) is 1. The second-order valence-corrected chi connectivity index (χ2v) is 6.43. The van der Waals surface area contributed by atoms with Gasteiger partial charge in [0.15, 0.2) is 0 Å². The predicted octanol–water partition coefficient (Wildman–Crippen LogP) is 5.91. The molecule has 134 valence electrons. The zero-order valence-corrected chi connectivity index (χ0v) is 15.2. The van der Waals surface area contributed by atoms with Crippen LogP contribution in [0.5, 0.6) is 5.75 Å². The maximum atomic E-state index is 11.4. The Labute approximate surface area is 150 Å². The van der Waals surface area contributed by atoms with Crippen LogP contribution in [0.3, 0.4) is 0 Å². The SMILES string of the molecule is CCCCC(CC(CC)c1ccccc1)Oc1ccccc1C(=O)O. The van der Waals surface area contributed by atoms with Gasteiger partial charge in [0, 0.05) is 0 Å². The number of carboxylic acid groups (broad SMARTS) is 1. The van der Waals surface area contributed by atoms with Gasteiger partial charge in [0.2, 0.25) is 0 Å². The van der Waals surface area contributed by atoms with Gasteiger partial charge in [0.25, 0.3) is 0 Å². The Balaban J connectivity index is 2.17. The highest BCUT2D eigenvalue weighted by Crippen LogP contribution is 2.29. The van der Waals surface area contributed by atoms with E-state index in [1.165, 1.54) is 5.56 Å². The largest absolute Gasteiger partial charge is 0.490 e. The van der Waals surface area contributed by atoms with Crippen molar-refractivity contribution in [1.82, 2.24) is 0 Å². The van der Waals surface area contributed by atoms with Gasteiger partial charge in [-0.2, -0.15) is 0 Å². The summed E-state index contributed by atoms with van der Waals surface area (Å²) in [6, 6.07) is 17.4. The van der Waals surface area contributed by atoms with Crippen molar-refractivity contribution >= 4 is 5.97 Å². The molecule has 0 amide bonds. The van der Waals surface area contributed by atoms with Crippen LogP contribution in [0.15, 0.2) is 54.6 Å². The smallest absolute Gasteiger partial charge is 0.339 e. The molecular weight excluding hydrogens is 312 g/mol. The summed E-state index contributed by atoms with van der Waals surface area (Å²) in [4.78, 5) is 11.4. The number of rotatable bonds is 10. The van der Waals surface area contributed by atoms with Crippen LogP contribution in [0.4, 0.5) is 0 Å². The monoisotopic (exact) mass is 340 g/mol.